The third-order valence-electron chi connectivity index (χ3n) is 4.21. The summed E-state index contributed by atoms with van der Waals surface area (Å²) in [7, 11) is 0. The van der Waals surface area contributed by atoms with Gasteiger partial charge in [0.25, 0.3) is 0 Å². The predicted molar refractivity (Wildman–Crippen MR) is 83.6 cm³/mol. The molecule has 1 unspecified atom stereocenters. The smallest absolute Gasteiger partial charge is 0.231 e. The Hall–Kier alpha value is -1.26. The molecule has 2 rings (SSSR count). The predicted octanol–water partition coefficient (Wildman–Crippen LogP) is 2.97. The lowest BCUT2D eigenvalue weighted by Gasteiger charge is -2.25. The maximum Gasteiger partial charge on any atom is 0.231 e. The van der Waals surface area contributed by atoms with Crippen LogP contribution in [0.15, 0.2) is 18.2 Å². The first kappa shape index (κ1) is 16.1. The van der Waals surface area contributed by atoms with E-state index in [1.165, 1.54) is 0 Å². The second-order valence-corrected chi connectivity index (χ2v) is 6.44. The van der Waals surface area contributed by atoms with Crippen molar-refractivity contribution in [2.75, 3.05) is 19.9 Å². The highest BCUT2D eigenvalue weighted by atomic mass is 16.7. The van der Waals surface area contributed by atoms with Crippen LogP contribution in [-0.2, 0) is 0 Å². The Kier molecular flexibility index (Phi) is 5.48. The van der Waals surface area contributed by atoms with Gasteiger partial charge in [-0.15, -0.1) is 0 Å². The molecular weight excluding hydrogens is 266 g/mol. The molecule has 118 valence electrons. The van der Waals surface area contributed by atoms with E-state index in [0.29, 0.717) is 30.0 Å². The number of hydrogen-bond donors (Lipinski definition) is 2. The van der Waals surface area contributed by atoms with Crippen molar-refractivity contribution in [1.82, 2.24) is 5.32 Å². The van der Waals surface area contributed by atoms with Crippen LogP contribution in [0.25, 0.3) is 0 Å². The van der Waals surface area contributed by atoms with Gasteiger partial charge in [-0.2, -0.15) is 0 Å². The number of aliphatic hydroxyl groups excluding tert-OH is 1. The zero-order chi connectivity index (χ0) is 15.4. The minimum Gasteiger partial charge on any atom is -0.454 e. The van der Waals surface area contributed by atoms with Gasteiger partial charge in [-0.05, 0) is 42.0 Å². The first-order valence-electron chi connectivity index (χ1n) is 7.77. The Balaban J connectivity index is 1.86. The summed E-state index contributed by atoms with van der Waals surface area (Å²) in [5.74, 6) is 3.36. The van der Waals surface area contributed by atoms with E-state index in [0.717, 1.165) is 17.9 Å². The van der Waals surface area contributed by atoms with Crippen LogP contribution in [0.5, 0.6) is 11.5 Å². The second-order valence-electron chi connectivity index (χ2n) is 6.44. The van der Waals surface area contributed by atoms with E-state index < -0.39 is 6.10 Å². The van der Waals surface area contributed by atoms with Crippen LogP contribution in [0.1, 0.15) is 39.4 Å². The Labute approximate surface area is 127 Å². The molecule has 0 spiro atoms. The molecule has 4 heteroatoms. The first-order valence-corrected chi connectivity index (χ1v) is 7.77. The fraction of sp³-hybridized carbons (Fsp3) is 0.647. The molecule has 0 aliphatic carbocycles. The van der Waals surface area contributed by atoms with Gasteiger partial charge < -0.3 is 19.9 Å². The van der Waals surface area contributed by atoms with Crippen molar-refractivity contribution in [2.45, 2.75) is 33.8 Å². The van der Waals surface area contributed by atoms with Gasteiger partial charge in [-0.25, -0.2) is 0 Å². The van der Waals surface area contributed by atoms with E-state index in [1.807, 2.05) is 18.2 Å². The second kappa shape index (κ2) is 7.14. The zero-order valence-electron chi connectivity index (χ0n) is 13.4. The van der Waals surface area contributed by atoms with Gasteiger partial charge in [0.05, 0.1) is 6.10 Å². The number of ether oxygens (including phenoxy) is 2. The van der Waals surface area contributed by atoms with Gasteiger partial charge in [0.15, 0.2) is 11.5 Å². The van der Waals surface area contributed by atoms with Crippen molar-refractivity contribution >= 4 is 0 Å². The lowest BCUT2D eigenvalue weighted by molar-refractivity contribution is 0.165. The fourth-order valence-corrected chi connectivity index (χ4v) is 2.87. The number of aliphatic hydroxyl groups is 1. The van der Waals surface area contributed by atoms with E-state index in [-0.39, 0.29) is 6.79 Å². The molecular formula is C17H27NO3. The van der Waals surface area contributed by atoms with E-state index >= 15 is 0 Å². The molecule has 1 heterocycles. The van der Waals surface area contributed by atoms with Crippen LogP contribution in [0, 0.1) is 17.8 Å². The minimum atomic E-state index is -0.528. The quantitative estimate of drug-likeness (QED) is 0.811. The first-order chi connectivity index (χ1) is 9.99. The maximum absolute atomic E-state index is 10.3. The van der Waals surface area contributed by atoms with Crippen molar-refractivity contribution < 1.29 is 14.6 Å². The molecule has 1 aromatic carbocycles. The molecule has 21 heavy (non-hydrogen) atoms. The van der Waals surface area contributed by atoms with E-state index in [4.69, 9.17) is 9.47 Å². The minimum absolute atomic E-state index is 0.261. The standard InChI is InChI=1S/C17H27NO3/c1-11(2)14(12(3)4)8-18-9-15(19)13-5-6-16-17(7-13)21-10-20-16/h5-7,11-12,14-15,18-19H,8-10H2,1-4H3. The molecule has 0 saturated carbocycles. The largest absolute Gasteiger partial charge is 0.454 e. The van der Waals surface area contributed by atoms with Crippen LogP contribution in [0.2, 0.25) is 0 Å². The molecule has 2 N–H and O–H groups in total. The molecule has 0 amide bonds. The van der Waals surface area contributed by atoms with Crippen LogP contribution >= 0.6 is 0 Å². The van der Waals surface area contributed by atoms with E-state index in [2.05, 4.69) is 33.0 Å². The number of fused-ring (bicyclic) bond motifs is 1. The molecule has 0 aromatic heterocycles. The average Bonchev–Trinajstić information content (AvgIpc) is 2.89. The van der Waals surface area contributed by atoms with E-state index in [1.54, 1.807) is 0 Å². The number of benzene rings is 1. The van der Waals surface area contributed by atoms with Crippen LogP contribution in [0.4, 0.5) is 0 Å². The van der Waals surface area contributed by atoms with Gasteiger partial charge in [-0.1, -0.05) is 33.8 Å². The third kappa shape index (κ3) is 4.11. The summed E-state index contributed by atoms with van der Waals surface area (Å²) < 4.78 is 10.6. The molecule has 0 bridgehead atoms. The number of rotatable bonds is 7. The van der Waals surface area contributed by atoms with Gasteiger partial charge in [0.1, 0.15) is 0 Å². The van der Waals surface area contributed by atoms with Crippen LogP contribution in [-0.4, -0.2) is 25.0 Å². The van der Waals surface area contributed by atoms with Gasteiger partial charge in [0.2, 0.25) is 6.79 Å². The average molecular weight is 293 g/mol. The van der Waals surface area contributed by atoms with E-state index in [9.17, 15) is 5.11 Å². The lowest BCUT2D eigenvalue weighted by Crippen LogP contribution is -2.32. The Morgan fingerprint density at radius 1 is 1.05 bits per heavy atom. The summed E-state index contributed by atoms with van der Waals surface area (Å²) in [4.78, 5) is 0. The highest BCUT2D eigenvalue weighted by Crippen LogP contribution is 2.34. The zero-order valence-corrected chi connectivity index (χ0v) is 13.4. The molecule has 4 nitrogen and oxygen atoms in total. The third-order valence-corrected chi connectivity index (χ3v) is 4.21. The van der Waals surface area contributed by atoms with Gasteiger partial charge >= 0.3 is 0 Å². The van der Waals surface area contributed by atoms with Crippen molar-refractivity contribution in [1.29, 1.82) is 0 Å². The summed E-state index contributed by atoms with van der Waals surface area (Å²) in [5.41, 5.74) is 0.859. The summed E-state index contributed by atoms with van der Waals surface area (Å²) in [6.45, 7) is 10.7. The summed E-state index contributed by atoms with van der Waals surface area (Å²) in [6, 6.07) is 5.60. The lowest BCUT2D eigenvalue weighted by atomic mass is 9.85. The SMILES string of the molecule is CC(C)C(CNCC(O)c1ccc2c(c1)OCO2)C(C)C. The molecule has 1 aliphatic rings. The molecule has 1 aromatic rings. The maximum atomic E-state index is 10.3. The van der Waals surface area contributed by atoms with Gasteiger partial charge in [-0.3, -0.25) is 0 Å². The normalized spacial score (nSPS) is 15.2. The summed E-state index contributed by atoms with van der Waals surface area (Å²) in [6.07, 6.45) is -0.528. The monoisotopic (exact) mass is 293 g/mol. The van der Waals surface area contributed by atoms with Crippen molar-refractivity contribution in [3.63, 3.8) is 0 Å². The Bertz CT molecular complexity index is 451. The molecule has 1 atom stereocenters. The molecule has 0 saturated heterocycles. The number of nitrogens with one attached hydrogen (secondary N) is 1. The molecule has 1 aliphatic heterocycles. The summed E-state index contributed by atoms with van der Waals surface area (Å²) >= 11 is 0. The van der Waals surface area contributed by atoms with Crippen molar-refractivity contribution in [2.24, 2.45) is 17.8 Å². The van der Waals surface area contributed by atoms with Crippen molar-refractivity contribution in [3.8, 4) is 11.5 Å². The highest BCUT2D eigenvalue weighted by Gasteiger charge is 2.19. The fourth-order valence-electron chi connectivity index (χ4n) is 2.87. The van der Waals surface area contributed by atoms with Crippen molar-refractivity contribution in [3.05, 3.63) is 23.8 Å². The van der Waals surface area contributed by atoms with Crippen LogP contribution < -0.4 is 14.8 Å². The highest BCUT2D eigenvalue weighted by molar-refractivity contribution is 5.45. The molecule has 0 fully saturated rings. The Morgan fingerprint density at radius 2 is 1.71 bits per heavy atom. The van der Waals surface area contributed by atoms with Gasteiger partial charge in [0, 0.05) is 6.54 Å². The Morgan fingerprint density at radius 3 is 2.38 bits per heavy atom. The van der Waals surface area contributed by atoms with Crippen LogP contribution in [0.3, 0.4) is 0 Å². The topological polar surface area (TPSA) is 50.7 Å². The number of hydrogen-bond acceptors (Lipinski definition) is 4. The molecule has 0 radical (unpaired) electrons. The summed E-state index contributed by atoms with van der Waals surface area (Å²) in [5, 5.41) is 13.7.